The molecule has 0 bridgehead atoms. The maximum absolute atomic E-state index is 12.9. The average molecular weight is 415 g/mol. The van der Waals surface area contributed by atoms with Crippen molar-refractivity contribution in [3.63, 3.8) is 0 Å². The van der Waals surface area contributed by atoms with E-state index in [2.05, 4.69) is 5.32 Å². The molecule has 6 nitrogen and oxygen atoms in total. The predicted molar refractivity (Wildman–Crippen MR) is 99.5 cm³/mol. The number of aromatic carboxylic acids is 1. The number of esters is 1. The van der Waals surface area contributed by atoms with Crippen molar-refractivity contribution in [2.45, 2.75) is 52.3 Å². The number of carbonyl (C=O) groups is 3. The van der Waals surface area contributed by atoms with E-state index < -0.39 is 46.9 Å². The molecule has 1 aromatic carbocycles. The van der Waals surface area contributed by atoms with Crippen LogP contribution in [0.25, 0.3) is 0 Å². The van der Waals surface area contributed by atoms with Gasteiger partial charge in [0.25, 0.3) is 0 Å². The van der Waals surface area contributed by atoms with Crippen LogP contribution < -0.4 is 10.1 Å². The van der Waals surface area contributed by atoms with E-state index in [0.29, 0.717) is 12.1 Å². The smallest absolute Gasteiger partial charge is 0.416 e. The maximum atomic E-state index is 12.9. The summed E-state index contributed by atoms with van der Waals surface area (Å²) >= 11 is 0. The van der Waals surface area contributed by atoms with Crippen molar-refractivity contribution >= 4 is 17.8 Å². The zero-order valence-corrected chi connectivity index (χ0v) is 16.4. The fourth-order valence-corrected chi connectivity index (χ4v) is 2.44. The third-order valence-electron chi connectivity index (χ3n) is 3.78. The van der Waals surface area contributed by atoms with Gasteiger partial charge in [-0.05, 0) is 37.0 Å². The Morgan fingerprint density at radius 1 is 1.21 bits per heavy atom. The van der Waals surface area contributed by atoms with Crippen LogP contribution in [0.3, 0.4) is 0 Å². The Kier molecular flexibility index (Phi) is 8.87. The fourth-order valence-electron chi connectivity index (χ4n) is 2.44. The molecule has 160 valence electrons. The first-order chi connectivity index (χ1) is 13.5. The number of carboxylic acid groups (broad SMARTS) is 1. The van der Waals surface area contributed by atoms with Crippen LogP contribution in [0.4, 0.5) is 13.2 Å². The second kappa shape index (κ2) is 10.6. The molecular weight excluding hydrogens is 391 g/mol. The molecule has 0 radical (unpaired) electrons. The molecule has 1 atom stereocenters. The summed E-state index contributed by atoms with van der Waals surface area (Å²) in [7, 11) is 0. The van der Waals surface area contributed by atoms with Crippen molar-refractivity contribution < 1.29 is 37.4 Å². The molecule has 0 aliphatic carbocycles. The highest BCUT2D eigenvalue weighted by molar-refractivity contribution is 5.93. The molecule has 1 unspecified atom stereocenters. The lowest BCUT2D eigenvalue weighted by Crippen LogP contribution is -2.43. The Morgan fingerprint density at radius 2 is 1.86 bits per heavy atom. The highest BCUT2D eigenvalue weighted by Gasteiger charge is 2.33. The van der Waals surface area contributed by atoms with Gasteiger partial charge in [-0.2, -0.15) is 13.2 Å². The van der Waals surface area contributed by atoms with Gasteiger partial charge < -0.3 is 15.2 Å². The van der Waals surface area contributed by atoms with Crippen molar-refractivity contribution in [3.05, 3.63) is 41.5 Å². The van der Waals surface area contributed by atoms with Crippen molar-refractivity contribution in [2.24, 2.45) is 5.92 Å². The van der Waals surface area contributed by atoms with Gasteiger partial charge in [-0.3, -0.25) is 4.79 Å². The number of benzene rings is 1. The van der Waals surface area contributed by atoms with Crippen LogP contribution in [0.1, 0.15) is 56.0 Å². The minimum absolute atomic E-state index is 0.0274. The first-order valence-corrected chi connectivity index (χ1v) is 9.06. The summed E-state index contributed by atoms with van der Waals surface area (Å²) in [6.07, 6.45) is -0.406. The van der Waals surface area contributed by atoms with Crippen molar-refractivity contribution in [3.8, 4) is 5.75 Å². The van der Waals surface area contributed by atoms with Gasteiger partial charge in [0.05, 0.1) is 5.56 Å². The van der Waals surface area contributed by atoms with Gasteiger partial charge in [0.1, 0.15) is 17.4 Å². The molecule has 2 N–H and O–H groups in total. The number of hydrogen-bond donors (Lipinski definition) is 2. The number of rotatable bonds is 9. The van der Waals surface area contributed by atoms with Gasteiger partial charge >= 0.3 is 18.1 Å². The molecule has 0 spiro atoms. The van der Waals surface area contributed by atoms with Crippen LogP contribution in [0, 0.1) is 5.92 Å². The van der Waals surface area contributed by atoms with E-state index in [1.165, 1.54) is 0 Å². The lowest BCUT2D eigenvalue weighted by atomic mass is 10.0. The summed E-state index contributed by atoms with van der Waals surface area (Å²) in [4.78, 5) is 35.8. The molecule has 1 aromatic rings. The molecule has 29 heavy (non-hydrogen) atoms. The minimum Gasteiger partial charge on any atom is -0.478 e. The van der Waals surface area contributed by atoms with Crippen LogP contribution in [-0.2, 0) is 15.8 Å². The molecule has 0 aliphatic heterocycles. The molecule has 0 saturated heterocycles. The molecule has 1 amide bonds. The summed E-state index contributed by atoms with van der Waals surface area (Å²) in [6, 6.07) is 0.640. The number of nitrogens with one attached hydrogen (secondary N) is 1. The van der Waals surface area contributed by atoms with E-state index in [9.17, 15) is 32.7 Å². The monoisotopic (exact) mass is 415 g/mol. The van der Waals surface area contributed by atoms with Gasteiger partial charge in [-0.25, -0.2) is 9.59 Å². The SMILES string of the molecule is CC/C=C\CC(=O)NC(CC(C)C)C(=O)Oc1cc(C(F)(F)F)ccc1C(=O)O. The summed E-state index contributed by atoms with van der Waals surface area (Å²) in [5, 5.41) is 11.7. The van der Waals surface area contributed by atoms with E-state index in [0.717, 1.165) is 12.5 Å². The Hall–Kier alpha value is -2.84. The van der Waals surface area contributed by atoms with Gasteiger partial charge in [-0.1, -0.05) is 32.9 Å². The lowest BCUT2D eigenvalue weighted by Gasteiger charge is -2.20. The number of alkyl halides is 3. The quantitative estimate of drug-likeness (QED) is 0.358. The fraction of sp³-hybridized carbons (Fsp3) is 0.450. The molecule has 9 heteroatoms. The number of amides is 1. The van der Waals surface area contributed by atoms with Gasteiger partial charge in [0.2, 0.25) is 5.91 Å². The number of carboxylic acids is 1. The Labute approximate surface area is 166 Å². The third-order valence-corrected chi connectivity index (χ3v) is 3.78. The number of ether oxygens (including phenoxy) is 1. The summed E-state index contributed by atoms with van der Waals surface area (Å²) in [5.41, 5.74) is -1.74. The number of carbonyl (C=O) groups excluding carboxylic acids is 2. The number of allylic oxidation sites excluding steroid dienone is 1. The van der Waals surface area contributed by atoms with Crippen molar-refractivity contribution in [1.29, 1.82) is 0 Å². The van der Waals surface area contributed by atoms with E-state index in [1.807, 2.05) is 6.92 Å². The zero-order chi connectivity index (χ0) is 22.2. The number of hydrogen-bond acceptors (Lipinski definition) is 4. The van der Waals surface area contributed by atoms with Crippen LogP contribution in [0.5, 0.6) is 5.75 Å². The van der Waals surface area contributed by atoms with Crippen LogP contribution >= 0.6 is 0 Å². The van der Waals surface area contributed by atoms with Gasteiger partial charge in [-0.15, -0.1) is 0 Å². The highest BCUT2D eigenvalue weighted by atomic mass is 19.4. The largest absolute Gasteiger partial charge is 0.478 e. The van der Waals surface area contributed by atoms with Crippen molar-refractivity contribution in [1.82, 2.24) is 5.32 Å². The molecule has 0 saturated carbocycles. The second-order valence-corrected chi connectivity index (χ2v) is 6.77. The van der Waals surface area contributed by atoms with Crippen LogP contribution in [0.2, 0.25) is 0 Å². The lowest BCUT2D eigenvalue weighted by molar-refractivity contribution is -0.141. The Balaban J connectivity index is 3.10. The standard InChI is InChI=1S/C20H24F3NO5/c1-4-5-6-7-17(25)24-15(10-12(2)3)19(28)29-16-11-13(20(21,22)23)8-9-14(16)18(26)27/h5-6,8-9,11-12,15H,4,7,10H2,1-3H3,(H,24,25)(H,26,27)/b6-5-. The summed E-state index contributed by atoms with van der Waals surface area (Å²) < 4.78 is 43.8. The topological polar surface area (TPSA) is 92.7 Å². The highest BCUT2D eigenvalue weighted by Crippen LogP contribution is 2.33. The predicted octanol–water partition coefficient (Wildman–Crippen LogP) is 4.20. The van der Waals surface area contributed by atoms with E-state index in [4.69, 9.17) is 4.74 Å². The average Bonchev–Trinajstić information content (AvgIpc) is 2.59. The van der Waals surface area contributed by atoms with Gasteiger partial charge in [0, 0.05) is 6.42 Å². The maximum Gasteiger partial charge on any atom is 0.416 e. The van der Waals surface area contributed by atoms with E-state index >= 15 is 0 Å². The normalized spacial score (nSPS) is 12.8. The second-order valence-electron chi connectivity index (χ2n) is 6.77. The van der Waals surface area contributed by atoms with Crippen LogP contribution in [-0.4, -0.2) is 29.0 Å². The first-order valence-electron chi connectivity index (χ1n) is 9.06. The Bertz CT molecular complexity index is 772. The van der Waals surface area contributed by atoms with E-state index in [1.54, 1.807) is 26.0 Å². The molecule has 0 heterocycles. The third kappa shape index (κ3) is 7.97. The molecular formula is C20H24F3NO5. The molecule has 0 aromatic heterocycles. The minimum atomic E-state index is -4.74. The Morgan fingerprint density at radius 3 is 2.38 bits per heavy atom. The summed E-state index contributed by atoms with van der Waals surface area (Å²) in [5.74, 6) is -3.81. The zero-order valence-electron chi connectivity index (χ0n) is 16.4. The summed E-state index contributed by atoms with van der Waals surface area (Å²) in [6.45, 7) is 5.47. The van der Waals surface area contributed by atoms with Gasteiger partial charge in [0.15, 0.2) is 0 Å². The molecule has 1 rings (SSSR count). The van der Waals surface area contributed by atoms with E-state index in [-0.39, 0.29) is 18.8 Å². The van der Waals surface area contributed by atoms with Crippen LogP contribution in [0.15, 0.2) is 30.4 Å². The first kappa shape index (κ1) is 24.2. The van der Waals surface area contributed by atoms with Crippen molar-refractivity contribution in [2.75, 3.05) is 0 Å². The molecule has 0 fully saturated rings. The number of halogens is 3. The molecule has 0 aliphatic rings.